The van der Waals surface area contributed by atoms with E-state index in [1.807, 2.05) is 25.1 Å². The van der Waals surface area contributed by atoms with Crippen LogP contribution in [0.25, 0.3) is 16.0 Å². The minimum Gasteiger partial charge on any atom is -0.507 e. The Labute approximate surface area is 198 Å². The third-order valence-electron chi connectivity index (χ3n) is 5.73. The van der Waals surface area contributed by atoms with Crippen molar-refractivity contribution in [3.8, 4) is 5.75 Å². The number of aliphatic hydroxyl groups is 1. The summed E-state index contributed by atoms with van der Waals surface area (Å²) < 4.78 is 19.9. The summed E-state index contributed by atoms with van der Waals surface area (Å²) in [5, 5.41) is 11.5. The molecule has 0 aliphatic carbocycles. The molecule has 1 aromatic heterocycles. The summed E-state index contributed by atoms with van der Waals surface area (Å²) >= 11 is 1.29. The number of halogens is 1. The average Bonchev–Trinajstić information content (AvgIpc) is 3.36. The second-order valence-electron chi connectivity index (χ2n) is 7.89. The first-order chi connectivity index (χ1) is 16.4. The molecule has 0 spiro atoms. The number of anilines is 1. The van der Waals surface area contributed by atoms with Gasteiger partial charge in [0.15, 0.2) is 5.13 Å². The van der Waals surface area contributed by atoms with Crippen molar-refractivity contribution in [1.82, 2.24) is 4.98 Å². The standard InChI is InChI=1S/C26H19FN2O4S/c1-14-7-12-18-20(13-14)34-26(28-18)29-22(17-5-3-4-6-19(17)33-2)21(24(31)25(29)32)23(30)15-8-10-16(27)11-9-15/h3-13,22,30H,1-2H3/b23-21+. The van der Waals surface area contributed by atoms with Crippen molar-refractivity contribution in [1.29, 1.82) is 0 Å². The third-order valence-corrected chi connectivity index (χ3v) is 6.75. The van der Waals surface area contributed by atoms with E-state index < -0.39 is 29.3 Å². The molecule has 1 fully saturated rings. The van der Waals surface area contributed by atoms with Gasteiger partial charge in [-0.2, -0.15) is 0 Å². The van der Waals surface area contributed by atoms with Crippen molar-refractivity contribution < 1.29 is 23.8 Å². The molecule has 1 amide bonds. The number of ketones is 1. The van der Waals surface area contributed by atoms with E-state index in [4.69, 9.17) is 4.74 Å². The third kappa shape index (κ3) is 3.52. The van der Waals surface area contributed by atoms with E-state index in [-0.39, 0.29) is 11.1 Å². The van der Waals surface area contributed by atoms with E-state index in [2.05, 4.69) is 4.98 Å². The number of nitrogens with zero attached hydrogens (tertiary/aromatic N) is 2. The molecule has 1 atom stereocenters. The number of Topliss-reactive ketones (excluding diaryl/α,β-unsaturated/α-hetero) is 1. The monoisotopic (exact) mass is 474 g/mol. The number of rotatable bonds is 4. The van der Waals surface area contributed by atoms with Gasteiger partial charge in [0, 0.05) is 11.1 Å². The number of hydrogen-bond acceptors (Lipinski definition) is 6. The molecule has 1 aliphatic heterocycles. The molecular weight excluding hydrogens is 455 g/mol. The van der Waals surface area contributed by atoms with Crippen molar-refractivity contribution in [3.05, 3.63) is 94.8 Å². The number of aryl methyl sites for hydroxylation is 1. The highest BCUT2D eigenvalue weighted by molar-refractivity contribution is 7.22. The van der Waals surface area contributed by atoms with E-state index in [0.717, 1.165) is 10.3 Å². The van der Waals surface area contributed by atoms with Gasteiger partial charge < -0.3 is 9.84 Å². The number of aliphatic hydroxyl groups excluding tert-OH is 1. The van der Waals surface area contributed by atoms with Gasteiger partial charge in [0.1, 0.15) is 23.4 Å². The molecule has 170 valence electrons. The number of para-hydroxylation sites is 1. The summed E-state index contributed by atoms with van der Waals surface area (Å²) in [5.74, 6) is -2.10. The van der Waals surface area contributed by atoms with Crippen LogP contribution in [0.2, 0.25) is 0 Å². The Morgan fingerprint density at radius 3 is 2.56 bits per heavy atom. The zero-order valence-electron chi connectivity index (χ0n) is 18.3. The summed E-state index contributed by atoms with van der Waals surface area (Å²) in [6.45, 7) is 1.96. The van der Waals surface area contributed by atoms with Crippen LogP contribution in [0.4, 0.5) is 9.52 Å². The minimum atomic E-state index is -0.983. The van der Waals surface area contributed by atoms with Gasteiger partial charge in [-0.05, 0) is 55.0 Å². The van der Waals surface area contributed by atoms with Gasteiger partial charge >= 0.3 is 5.91 Å². The molecule has 1 N–H and O–H groups in total. The van der Waals surface area contributed by atoms with Crippen LogP contribution in [0.15, 0.2) is 72.3 Å². The number of aromatic nitrogens is 1. The van der Waals surface area contributed by atoms with Gasteiger partial charge in [0.25, 0.3) is 5.78 Å². The normalized spacial score (nSPS) is 17.5. The lowest BCUT2D eigenvalue weighted by Gasteiger charge is -2.24. The van der Waals surface area contributed by atoms with E-state index in [1.165, 1.54) is 47.6 Å². The molecule has 6 nitrogen and oxygen atoms in total. The fourth-order valence-corrected chi connectivity index (χ4v) is 5.19. The Morgan fingerprint density at radius 1 is 1.09 bits per heavy atom. The predicted octanol–water partition coefficient (Wildman–Crippen LogP) is 5.38. The van der Waals surface area contributed by atoms with Crippen molar-refractivity contribution in [3.63, 3.8) is 0 Å². The van der Waals surface area contributed by atoms with Gasteiger partial charge in [-0.3, -0.25) is 14.5 Å². The van der Waals surface area contributed by atoms with Crippen LogP contribution in [-0.4, -0.2) is 28.9 Å². The Kier molecular flexibility index (Phi) is 5.37. The average molecular weight is 475 g/mol. The first kappa shape index (κ1) is 21.8. The molecule has 0 radical (unpaired) electrons. The second-order valence-corrected chi connectivity index (χ2v) is 8.89. The molecule has 2 heterocycles. The van der Waals surface area contributed by atoms with E-state index >= 15 is 0 Å². The molecule has 5 rings (SSSR count). The fraction of sp³-hybridized carbons (Fsp3) is 0.115. The SMILES string of the molecule is COc1ccccc1C1/C(=C(\O)c2ccc(F)cc2)C(=O)C(=O)N1c1nc2ccc(C)cc2s1. The van der Waals surface area contributed by atoms with Crippen molar-refractivity contribution in [2.45, 2.75) is 13.0 Å². The summed E-state index contributed by atoms with van der Waals surface area (Å²) in [6.07, 6.45) is 0. The highest BCUT2D eigenvalue weighted by atomic mass is 32.1. The van der Waals surface area contributed by atoms with Crippen molar-refractivity contribution in [2.24, 2.45) is 0 Å². The first-order valence-corrected chi connectivity index (χ1v) is 11.3. The minimum absolute atomic E-state index is 0.114. The molecule has 3 aromatic carbocycles. The van der Waals surface area contributed by atoms with Crippen LogP contribution < -0.4 is 9.64 Å². The molecule has 1 aliphatic rings. The Hall–Kier alpha value is -4.04. The van der Waals surface area contributed by atoms with Gasteiger partial charge in [-0.25, -0.2) is 9.37 Å². The van der Waals surface area contributed by atoms with Gasteiger partial charge in [0.05, 0.1) is 22.9 Å². The zero-order chi connectivity index (χ0) is 24.0. The topological polar surface area (TPSA) is 79.7 Å². The molecule has 1 unspecified atom stereocenters. The number of hydrogen-bond donors (Lipinski definition) is 1. The maximum absolute atomic E-state index is 13.5. The highest BCUT2D eigenvalue weighted by Crippen LogP contribution is 2.46. The predicted molar refractivity (Wildman–Crippen MR) is 129 cm³/mol. The number of carbonyl (C=O) groups is 2. The number of fused-ring (bicyclic) bond motifs is 1. The lowest BCUT2D eigenvalue weighted by Crippen LogP contribution is -2.29. The summed E-state index contributed by atoms with van der Waals surface area (Å²) in [5.41, 5.74) is 2.37. The summed E-state index contributed by atoms with van der Waals surface area (Å²) in [7, 11) is 1.49. The molecule has 0 bridgehead atoms. The molecule has 0 saturated carbocycles. The molecule has 4 aromatic rings. The van der Waals surface area contributed by atoms with Crippen molar-refractivity contribution >= 4 is 44.1 Å². The van der Waals surface area contributed by atoms with E-state index in [1.54, 1.807) is 24.3 Å². The molecule has 1 saturated heterocycles. The largest absolute Gasteiger partial charge is 0.507 e. The Balaban J connectivity index is 1.76. The first-order valence-electron chi connectivity index (χ1n) is 10.5. The number of ether oxygens (including phenoxy) is 1. The van der Waals surface area contributed by atoms with E-state index in [0.29, 0.717) is 22.0 Å². The molecule has 34 heavy (non-hydrogen) atoms. The fourth-order valence-electron chi connectivity index (χ4n) is 4.10. The number of carbonyl (C=O) groups excluding carboxylic acids is 2. The maximum atomic E-state index is 13.5. The van der Waals surface area contributed by atoms with Crippen LogP contribution in [0.5, 0.6) is 5.75 Å². The number of amides is 1. The van der Waals surface area contributed by atoms with E-state index in [9.17, 15) is 19.1 Å². The smallest absolute Gasteiger partial charge is 0.301 e. The number of methoxy groups -OCH3 is 1. The van der Waals surface area contributed by atoms with Crippen LogP contribution in [0.1, 0.15) is 22.7 Å². The Morgan fingerprint density at radius 2 is 1.82 bits per heavy atom. The Bertz CT molecular complexity index is 1480. The molecule has 8 heteroatoms. The van der Waals surface area contributed by atoms with Gasteiger partial charge in [0.2, 0.25) is 0 Å². The molecular formula is C26H19FN2O4S. The number of thiazole rings is 1. The van der Waals surface area contributed by atoms with Crippen LogP contribution in [-0.2, 0) is 9.59 Å². The summed E-state index contributed by atoms with van der Waals surface area (Å²) in [4.78, 5) is 32.5. The number of benzene rings is 3. The van der Waals surface area contributed by atoms with Gasteiger partial charge in [-0.15, -0.1) is 0 Å². The van der Waals surface area contributed by atoms with Crippen LogP contribution >= 0.6 is 11.3 Å². The lowest BCUT2D eigenvalue weighted by atomic mass is 9.94. The van der Waals surface area contributed by atoms with Gasteiger partial charge in [-0.1, -0.05) is 35.6 Å². The highest BCUT2D eigenvalue weighted by Gasteiger charge is 2.49. The maximum Gasteiger partial charge on any atom is 0.301 e. The lowest BCUT2D eigenvalue weighted by molar-refractivity contribution is -0.132. The summed E-state index contributed by atoms with van der Waals surface area (Å²) in [6, 6.07) is 16.8. The quantitative estimate of drug-likeness (QED) is 0.244. The van der Waals surface area contributed by atoms with Crippen LogP contribution in [0, 0.1) is 12.7 Å². The second kappa shape index (κ2) is 8.39. The van der Waals surface area contributed by atoms with Crippen LogP contribution in [0.3, 0.4) is 0 Å². The zero-order valence-corrected chi connectivity index (χ0v) is 19.1. The van der Waals surface area contributed by atoms with Crippen molar-refractivity contribution in [2.75, 3.05) is 12.0 Å².